The van der Waals surface area contributed by atoms with Crippen LogP contribution in [0.5, 0.6) is 0 Å². The molecule has 6 fully saturated rings. The fourth-order valence-electron chi connectivity index (χ4n) is 13.2. The van der Waals surface area contributed by atoms with Gasteiger partial charge in [0.05, 0.1) is 18.3 Å². The van der Waals surface area contributed by atoms with Gasteiger partial charge < -0.3 is 44.5 Å². The molecule has 1 saturated heterocycles. The average molecular weight is 723 g/mol. The quantitative estimate of drug-likeness (QED) is 0.173. The normalized spacial score (nSPS) is 47.5. The summed E-state index contributed by atoms with van der Waals surface area (Å²) >= 11 is 0. The molecule has 0 bridgehead atoms. The fraction of sp³-hybridized carbons (Fsp3) is 0.923. The van der Waals surface area contributed by atoms with Gasteiger partial charge >= 0.3 is 11.9 Å². The maximum Gasteiger partial charge on any atom is 0.303 e. The van der Waals surface area contributed by atoms with Crippen molar-refractivity contribution in [1.29, 1.82) is 0 Å². The van der Waals surface area contributed by atoms with Crippen LogP contribution in [0.1, 0.15) is 114 Å². The van der Waals surface area contributed by atoms with Gasteiger partial charge in [-0.15, -0.1) is 0 Å². The summed E-state index contributed by atoms with van der Waals surface area (Å²) in [5.41, 5.74) is -3.00. The number of esters is 2. The second kappa shape index (κ2) is 12.7. The third-order valence-electron chi connectivity index (χ3n) is 15.6. The van der Waals surface area contributed by atoms with Crippen LogP contribution < -0.4 is 0 Å². The van der Waals surface area contributed by atoms with Gasteiger partial charge in [-0.1, -0.05) is 34.6 Å². The van der Waals surface area contributed by atoms with E-state index in [-0.39, 0.29) is 53.0 Å². The summed E-state index contributed by atoms with van der Waals surface area (Å²) in [7, 11) is 0. The third-order valence-corrected chi connectivity index (χ3v) is 15.6. The Morgan fingerprint density at radius 2 is 1.51 bits per heavy atom. The Kier molecular flexibility index (Phi) is 9.72. The van der Waals surface area contributed by atoms with Crippen LogP contribution >= 0.6 is 0 Å². The van der Waals surface area contributed by atoms with Crippen molar-refractivity contribution in [2.75, 3.05) is 6.61 Å². The average Bonchev–Trinajstić information content (AvgIpc) is 3.66. The van der Waals surface area contributed by atoms with E-state index in [0.29, 0.717) is 5.92 Å². The van der Waals surface area contributed by atoms with Gasteiger partial charge in [0.1, 0.15) is 30.5 Å². The minimum absolute atomic E-state index is 0.0193. The molecule has 290 valence electrons. The predicted molar refractivity (Wildman–Crippen MR) is 182 cm³/mol. The number of carbonyl (C=O) groups is 3. The predicted octanol–water partition coefficient (Wildman–Crippen LogP) is 3.06. The molecule has 0 unspecified atom stereocenters. The van der Waals surface area contributed by atoms with Crippen LogP contribution in [0.2, 0.25) is 0 Å². The number of ether oxygens (including phenoxy) is 4. The van der Waals surface area contributed by atoms with Crippen molar-refractivity contribution in [3.05, 3.63) is 0 Å². The lowest BCUT2D eigenvalue weighted by Gasteiger charge is -2.63. The lowest BCUT2D eigenvalue weighted by molar-refractivity contribution is -0.303. The van der Waals surface area contributed by atoms with E-state index in [1.807, 2.05) is 6.92 Å². The Morgan fingerprint density at radius 3 is 2.12 bits per heavy atom. The molecule has 1 heterocycles. The molecule has 51 heavy (non-hydrogen) atoms. The number of rotatable bonds is 9. The first-order valence-electron chi connectivity index (χ1n) is 19.1. The summed E-state index contributed by atoms with van der Waals surface area (Å²) in [6.07, 6.45) is -2.04. The van der Waals surface area contributed by atoms with Crippen LogP contribution in [0.25, 0.3) is 0 Å². The zero-order valence-corrected chi connectivity index (χ0v) is 31.9. The highest BCUT2D eigenvalue weighted by molar-refractivity contribution is 5.90. The number of Topliss-reactive ketones (excluding diaryl/α,β-unsaturated/α-hetero) is 1. The molecule has 1 aliphatic heterocycles. The standard InChI is InChI=1S/C39H62O12/c1-19(16-23(49-20(2)40)32(35(6,7)47)50-21(3)41)27-29(44)31(46)37(9)25-11-10-24-34(4,5)26(51-33-30(45)28(43)22(42)17-48-33)12-13-38(24)18-39(25,38)15-14-36(27,37)8/h19,22-28,30-33,42-43,45-47H,10-18H2,1-9H3/t19-,22-,23-,24+,25+,26+,27+,28+,30-,31+,32+,33+,36-,37-,38-,39+/m1/s1. The van der Waals surface area contributed by atoms with Crippen molar-refractivity contribution in [3.63, 3.8) is 0 Å². The van der Waals surface area contributed by atoms with E-state index in [2.05, 4.69) is 27.7 Å². The molecular formula is C39H62O12. The monoisotopic (exact) mass is 722 g/mol. The number of carbonyl (C=O) groups excluding carboxylic acids is 3. The minimum atomic E-state index is -1.52. The van der Waals surface area contributed by atoms with Crippen LogP contribution in [0.4, 0.5) is 0 Å². The topological polar surface area (TPSA) is 189 Å². The largest absolute Gasteiger partial charge is 0.458 e. The van der Waals surface area contributed by atoms with Gasteiger partial charge in [0.15, 0.2) is 18.2 Å². The second-order valence-electron chi connectivity index (χ2n) is 18.9. The maximum atomic E-state index is 14.4. The lowest BCUT2D eigenvalue weighted by Crippen LogP contribution is -2.61. The number of aliphatic hydroxyl groups excluding tert-OH is 4. The van der Waals surface area contributed by atoms with Gasteiger partial charge in [0.2, 0.25) is 0 Å². The van der Waals surface area contributed by atoms with Crippen LogP contribution in [0.15, 0.2) is 0 Å². The molecule has 5 N–H and O–H groups in total. The van der Waals surface area contributed by atoms with Crippen LogP contribution in [-0.2, 0) is 33.3 Å². The summed E-state index contributed by atoms with van der Waals surface area (Å²) in [5.74, 6) is -1.84. The Balaban J connectivity index is 1.25. The van der Waals surface area contributed by atoms with Gasteiger partial charge in [0.25, 0.3) is 0 Å². The Morgan fingerprint density at radius 1 is 0.902 bits per heavy atom. The number of hydrogen-bond donors (Lipinski definition) is 5. The van der Waals surface area contributed by atoms with Crippen molar-refractivity contribution in [2.45, 2.75) is 168 Å². The van der Waals surface area contributed by atoms with Crippen molar-refractivity contribution in [3.8, 4) is 0 Å². The highest BCUT2D eigenvalue weighted by Gasteiger charge is 2.84. The molecule has 0 amide bonds. The van der Waals surface area contributed by atoms with E-state index in [9.17, 15) is 39.9 Å². The maximum absolute atomic E-state index is 14.4. The van der Waals surface area contributed by atoms with Gasteiger partial charge in [-0.3, -0.25) is 14.4 Å². The molecule has 0 aromatic rings. The van der Waals surface area contributed by atoms with E-state index in [0.717, 1.165) is 44.9 Å². The molecule has 16 atom stereocenters. The van der Waals surface area contributed by atoms with Crippen LogP contribution in [0, 0.1) is 50.7 Å². The molecular weight excluding hydrogens is 660 g/mol. The molecule has 0 radical (unpaired) electrons. The smallest absolute Gasteiger partial charge is 0.303 e. The van der Waals surface area contributed by atoms with E-state index < -0.39 is 77.2 Å². The first kappa shape index (κ1) is 39.0. The van der Waals surface area contributed by atoms with Crippen molar-refractivity contribution in [1.82, 2.24) is 0 Å². The van der Waals surface area contributed by atoms with Crippen molar-refractivity contribution < 1.29 is 58.9 Å². The molecule has 5 aliphatic carbocycles. The molecule has 0 aromatic carbocycles. The third kappa shape index (κ3) is 5.66. The van der Waals surface area contributed by atoms with Gasteiger partial charge in [0, 0.05) is 25.2 Å². The highest BCUT2D eigenvalue weighted by Crippen LogP contribution is 2.89. The summed E-state index contributed by atoms with van der Waals surface area (Å²) in [6.45, 7) is 16.1. The van der Waals surface area contributed by atoms with Crippen LogP contribution in [0.3, 0.4) is 0 Å². The summed E-state index contributed by atoms with van der Waals surface area (Å²) in [4.78, 5) is 38.7. The Hall–Kier alpha value is -1.67. The van der Waals surface area contributed by atoms with Crippen molar-refractivity contribution >= 4 is 17.7 Å². The van der Waals surface area contributed by atoms with Gasteiger partial charge in [-0.05, 0) is 105 Å². The zero-order valence-electron chi connectivity index (χ0n) is 31.9. The van der Waals surface area contributed by atoms with E-state index in [1.54, 1.807) is 0 Å². The number of ketones is 1. The molecule has 5 saturated carbocycles. The lowest BCUT2D eigenvalue weighted by atomic mass is 9.41. The van der Waals surface area contributed by atoms with Gasteiger partial charge in [-0.25, -0.2) is 0 Å². The SMILES string of the molecule is CC(=O)O[C@H](C[C@@H](C)[C@H]1C(=O)[C@H](O)[C@@]2(C)[C@@H]3CC[C@H]4C(C)(C)[C@@H](O[C@@H]5OC[C@@H](O)[C@H](O)[C@H]5O)CC[C@@]45C[C@@]35CC[C@]12C)[C@H](OC(C)=O)C(C)(C)O. The molecule has 6 rings (SSSR count). The van der Waals surface area contributed by atoms with Gasteiger partial charge in [-0.2, -0.15) is 0 Å². The minimum Gasteiger partial charge on any atom is -0.458 e. The molecule has 0 aromatic heterocycles. The van der Waals surface area contributed by atoms with Crippen LogP contribution in [-0.4, -0.2) is 104 Å². The summed E-state index contributed by atoms with van der Waals surface area (Å²) < 4.78 is 23.2. The first-order chi connectivity index (χ1) is 23.5. The molecule has 12 heteroatoms. The Labute approximate surface area is 301 Å². The second-order valence-corrected chi connectivity index (χ2v) is 18.9. The van der Waals surface area contributed by atoms with Crippen molar-refractivity contribution in [2.24, 2.45) is 50.7 Å². The molecule has 12 nitrogen and oxygen atoms in total. The van der Waals surface area contributed by atoms with E-state index >= 15 is 0 Å². The molecule has 6 aliphatic rings. The highest BCUT2D eigenvalue weighted by atomic mass is 16.7. The Bertz CT molecular complexity index is 1390. The first-order valence-corrected chi connectivity index (χ1v) is 19.1. The van der Waals surface area contributed by atoms with E-state index in [4.69, 9.17) is 18.9 Å². The number of aliphatic hydroxyl groups is 5. The molecule has 2 spiro atoms. The number of fused-ring (bicyclic) bond motifs is 2. The number of hydrogen-bond acceptors (Lipinski definition) is 12. The summed E-state index contributed by atoms with van der Waals surface area (Å²) in [6, 6.07) is 0. The fourth-order valence-corrected chi connectivity index (χ4v) is 13.2. The summed E-state index contributed by atoms with van der Waals surface area (Å²) in [5, 5.41) is 53.9. The van der Waals surface area contributed by atoms with E-state index in [1.165, 1.54) is 27.7 Å². The zero-order chi connectivity index (χ0) is 37.9.